The zero-order chi connectivity index (χ0) is 18.1. The van der Waals surface area contributed by atoms with E-state index in [1.54, 1.807) is 18.2 Å². The van der Waals surface area contributed by atoms with E-state index in [-0.39, 0.29) is 18.3 Å². The number of anilines is 1. The molecule has 0 radical (unpaired) electrons. The third-order valence-electron chi connectivity index (χ3n) is 5.06. The monoisotopic (exact) mass is 375 g/mol. The minimum absolute atomic E-state index is 0.00753. The highest BCUT2D eigenvalue weighted by atomic mass is 35.5. The number of hydrogen-bond acceptors (Lipinski definition) is 4. The van der Waals surface area contributed by atoms with Crippen molar-refractivity contribution in [3.63, 3.8) is 0 Å². The molecule has 0 N–H and O–H groups in total. The third kappa shape index (κ3) is 3.46. The molecule has 2 atom stereocenters. The van der Waals surface area contributed by atoms with Crippen molar-refractivity contribution in [2.24, 2.45) is 11.8 Å². The summed E-state index contributed by atoms with van der Waals surface area (Å²) in [6, 6.07) is 10.3. The van der Waals surface area contributed by atoms with Gasteiger partial charge in [0.25, 0.3) is 5.91 Å². The number of ether oxygens (including phenoxy) is 1. The number of fused-ring (bicyclic) bond motifs is 1. The summed E-state index contributed by atoms with van der Waals surface area (Å²) in [5.41, 5.74) is 0. The summed E-state index contributed by atoms with van der Waals surface area (Å²) in [5.74, 6) is 1.78. The van der Waals surface area contributed by atoms with Crippen LogP contribution in [0.5, 0.6) is 5.75 Å². The second-order valence-electron chi connectivity index (χ2n) is 6.78. The number of carbonyl (C=O) groups is 1. The molecule has 26 heavy (non-hydrogen) atoms. The quantitative estimate of drug-likeness (QED) is 0.824. The summed E-state index contributed by atoms with van der Waals surface area (Å²) < 4.78 is 18.6. The average Bonchev–Trinajstić information content (AvgIpc) is 3.20. The number of carbonyl (C=O) groups excluding carboxylic acids is 1. The zero-order valence-electron chi connectivity index (χ0n) is 14.1. The summed E-state index contributed by atoms with van der Waals surface area (Å²) in [7, 11) is 0. The Morgan fingerprint density at radius 3 is 2.54 bits per heavy atom. The SMILES string of the molecule is O=C(COc1ccccc1Cl)N1CC2CN(c3ccc(F)cn3)CC2C1. The lowest BCUT2D eigenvalue weighted by atomic mass is 10.0. The molecule has 5 nitrogen and oxygen atoms in total. The largest absolute Gasteiger partial charge is 0.482 e. The second-order valence-corrected chi connectivity index (χ2v) is 7.18. The number of halogens is 2. The Morgan fingerprint density at radius 2 is 1.88 bits per heavy atom. The Labute approximate surface area is 156 Å². The molecule has 1 amide bonds. The van der Waals surface area contributed by atoms with E-state index in [0.717, 1.165) is 18.9 Å². The van der Waals surface area contributed by atoms with Gasteiger partial charge in [-0.25, -0.2) is 9.37 Å². The molecular weight excluding hydrogens is 357 g/mol. The van der Waals surface area contributed by atoms with Gasteiger partial charge in [-0.1, -0.05) is 23.7 Å². The molecule has 0 saturated carbocycles. The Bertz CT molecular complexity index is 788. The lowest BCUT2D eigenvalue weighted by molar-refractivity contribution is -0.132. The number of nitrogens with zero attached hydrogens (tertiary/aromatic N) is 3. The van der Waals surface area contributed by atoms with Crippen LogP contribution in [-0.4, -0.2) is 48.6 Å². The van der Waals surface area contributed by atoms with Gasteiger partial charge in [-0.05, 0) is 24.3 Å². The standard InChI is InChI=1S/C19H19ClFN3O2/c20-16-3-1-2-4-17(16)26-12-19(25)24-10-13-8-23(9-14(13)11-24)18-6-5-15(21)7-22-18/h1-7,13-14H,8-12H2. The zero-order valence-corrected chi connectivity index (χ0v) is 14.9. The highest BCUT2D eigenvalue weighted by molar-refractivity contribution is 6.32. The fourth-order valence-corrected chi connectivity index (χ4v) is 3.92. The van der Waals surface area contributed by atoms with Gasteiger partial charge < -0.3 is 14.5 Å². The Hall–Kier alpha value is -2.34. The van der Waals surface area contributed by atoms with Gasteiger partial charge >= 0.3 is 0 Å². The number of likely N-dealkylation sites (tertiary alicyclic amines) is 1. The molecule has 7 heteroatoms. The van der Waals surface area contributed by atoms with Gasteiger partial charge in [0.2, 0.25) is 0 Å². The van der Waals surface area contributed by atoms with Crippen molar-refractivity contribution in [3.8, 4) is 5.75 Å². The second kappa shape index (κ2) is 7.11. The van der Waals surface area contributed by atoms with E-state index in [9.17, 15) is 9.18 Å². The number of benzene rings is 1. The van der Waals surface area contributed by atoms with Gasteiger partial charge in [-0.2, -0.15) is 0 Å². The van der Waals surface area contributed by atoms with Crippen molar-refractivity contribution >= 4 is 23.3 Å². The topological polar surface area (TPSA) is 45.7 Å². The minimum Gasteiger partial charge on any atom is -0.482 e. The highest BCUT2D eigenvalue weighted by Crippen LogP contribution is 2.33. The molecule has 0 spiro atoms. The number of para-hydroxylation sites is 1. The van der Waals surface area contributed by atoms with Crippen LogP contribution in [0, 0.1) is 17.7 Å². The predicted octanol–water partition coefficient (Wildman–Crippen LogP) is 2.85. The van der Waals surface area contributed by atoms with Gasteiger partial charge in [0.15, 0.2) is 6.61 Å². The predicted molar refractivity (Wildman–Crippen MR) is 96.9 cm³/mol. The van der Waals surface area contributed by atoms with E-state index >= 15 is 0 Å². The smallest absolute Gasteiger partial charge is 0.260 e. The molecular formula is C19H19ClFN3O2. The maximum Gasteiger partial charge on any atom is 0.260 e. The molecule has 1 aromatic heterocycles. The summed E-state index contributed by atoms with van der Waals surface area (Å²) in [5, 5.41) is 0.501. The molecule has 4 rings (SSSR count). The maximum atomic E-state index is 13.0. The lowest BCUT2D eigenvalue weighted by Gasteiger charge is -2.22. The van der Waals surface area contributed by atoms with Crippen molar-refractivity contribution in [1.29, 1.82) is 0 Å². The Morgan fingerprint density at radius 1 is 1.15 bits per heavy atom. The molecule has 2 aromatic rings. The number of amides is 1. The number of hydrogen-bond donors (Lipinski definition) is 0. The van der Waals surface area contributed by atoms with Crippen molar-refractivity contribution in [1.82, 2.24) is 9.88 Å². The first-order valence-electron chi connectivity index (χ1n) is 8.62. The number of pyridine rings is 1. The van der Waals surface area contributed by atoms with Gasteiger partial charge in [-0.3, -0.25) is 4.79 Å². The van der Waals surface area contributed by atoms with E-state index in [1.165, 1.54) is 12.3 Å². The number of rotatable bonds is 4. The first-order chi connectivity index (χ1) is 12.6. The fraction of sp³-hybridized carbons (Fsp3) is 0.368. The molecule has 0 bridgehead atoms. The van der Waals surface area contributed by atoms with Crippen LogP contribution in [0.2, 0.25) is 5.02 Å². The van der Waals surface area contributed by atoms with E-state index in [4.69, 9.17) is 16.3 Å². The van der Waals surface area contributed by atoms with Gasteiger partial charge in [-0.15, -0.1) is 0 Å². The maximum absolute atomic E-state index is 13.0. The van der Waals surface area contributed by atoms with Crippen LogP contribution in [0.3, 0.4) is 0 Å². The average molecular weight is 376 g/mol. The van der Waals surface area contributed by atoms with Crippen molar-refractivity contribution in [2.75, 3.05) is 37.7 Å². The molecule has 2 fully saturated rings. The van der Waals surface area contributed by atoms with Gasteiger partial charge in [0.1, 0.15) is 17.4 Å². The fourth-order valence-electron chi connectivity index (χ4n) is 3.73. The minimum atomic E-state index is -0.330. The summed E-state index contributed by atoms with van der Waals surface area (Å²) in [6.45, 7) is 3.09. The summed E-state index contributed by atoms with van der Waals surface area (Å²) in [6.07, 6.45) is 1.24. The van der Waals surface area contributed by atoms with Gasteiger partial charge in [0, 0.05) is 38.0 Å². The van der Waals surface area contributed by atoms with Crippen LogP contribution in [-0.2, 0) is 4.79 Å². The first-order valence-corrected chi connectivity index (χ1v) is 8.99. The molecule has 2 aliphatic rings. The Kier molecular flexibility index (Phi) is 4.68. The molecule has 136 valence electrons. The van der Waals surface area contributed by atoms with Crippen LogP contribution in [0.4, 0.5) is 10.2 Å². The van der Waals surface area contributed by atoms with E-state index < -0.39 is 0 Å². The van der Waals surface area contributed by atoms with Crippen LogP contribution in [0.1, 0.15) is 0 Å². The van der Waals surface area contributed by atoms with Crippen LogP contribution in [0.25, 0.3) is 0 Å². The van der Waals surface area contributed by atoms with Crippen molar-refractivity contribution < 1.29 is 13.9 Å². The molecule has 2 unspecified atom stereocenters. The van der Waals surface area contributed by atoms with E-state index in [1.807, 2.05) is 17.0 Å². The molecule has 2 aliphatic heterocycles. The number of aromatic nitrogens is 1. The highest BCUT2D eigenvalue weighted by Gasteiger charge is 2.41. The van der Waals surface area contributed by atoms with E-state index in [0.29, 0.717) is 35.7 Å². The van der Waals surface area contributed by atoms with Crippen LogP contribution < -0.4 is 9.64 Å². The Balaban J connectivity index is 1.31. The molecule has 3 heterocycles. The summed E-state index contributed by atoms with van der Waals surface area (Å²) >= 11 is 6.04. The molecule has 2 saturated heterocycles. The normalized spacial score (nSPS) is 21.8. The molecule has 0 aliphatic carbocycles. The summed E-state index contributed by atoms with van der Waals surface area (Å²) in [4.78, 5) is 20.6. The van der Waals surface area contributed by atoms with Crippen LogP contribution in [0.15, 0.2) is 42.6 Å². The first kappa shape index (κ1) is 17.1. The van der Waals surface area contributed by atoms with Crippen molar-refractivity contribution in [2.45, 2.75) is 0 Å². The van der Waals surface area contributed by atoms with E-state index in [2.05, 4.69) is 9.88 Å². The lowest BCUT2D eigenvalue weighted by Crippen LogP contribution is -2.36. The van der Waals surface area contributed by atoms with Crippen molar-refractivity contribution in [3.05, 3.63) is 53.4 Å². The van der Waals surface area contributed by atoms with Crippen LogP contribution >= 0.6 is 11.6 Å². The van der Waals surface area contributed by atoms with Gasteiger partial charge in [0.05, 0.1) is 11.2 Å². The molecule has 1 aromatic carbocycles. The third-order valence-corrected chi connectivity index (χ3v) is 5.37.